The van der Waals surface area contributed by atoms with Gasteiger partial charge in [0.25, 0.3) is 0 Å². The number of carbonyl (C=O) groups excluding carboxylic acids is 1. The van der Waals surface area contributed by atoms with E-state index < -0.39 is 6.04 Å². The minimum absolute atomic E-state index is 0. The van der Waals surface area contributed by atoms with Crippen LogP contribution < -0.4 is 11.1 Å². The second kappa shape index (κ2) is 7.85. The summed E-state index contributed by atoms with van der Waals surface area (Å²) in [7, 11) is 0. The van der Waals surface area contributed by atoms with Crippen LogP contribution in [0, 0.1) is 5.92 Å². The predicted molar refractivity (Wildman–Crippen MR) is 88.1 cm³/mol. The van der Waals surface area contributed by atoms with Crippen LogP contribution in [0.1, 0.15) is 39.4 Å². The number of nitrogens with zero attached hydrogens (tertiary/aromatic N) is 2. The molecule has 2 rings (SSSR count). The molecule has 0 radical (unpaired) electrons. The lowest BCUT2D eigenvalue weighted by Crippen LogP contribution is -2.44. The first-order valence-corrected chi connectivity index (χ1v) is 7.34. The summed E-state index contributed by atoms with van der Waals surface area (Å²) in [5, 5.41) is 2.79. The number of anilines is 1. The fraction of sp³-hybridized carbons (Fsp3) is 0.667. The number of hydrogen-bond acceptors (Lipinski definition) is 5. The second-order valence-electron chi connectivity index (χ2n) is 6.51. The van der Waals surface area contributed by atoms with Crippen LogP contribution in [0.25, 0.3) is 0 Å². The highest BCUT2D eigenvalue weighted by Gasteiger charge is 2.26. The Morgan fingerprint density at radius 2 is 1.86 bits per heavy atom. The molecule has 1 aromatic heterocycles. The molecule has 124 valence electrons. The Hall–Kier alpha value is -1.24. The number of amides is 1. The highest BCUT2D eigenvalue weighted by molar-refractivity contribution is 5.94. The molecule has 0 spiro atoms. The fourth-order valence-corrected chi connectivity index (χ4v) is 2.29. The SMILES string of the molecule is CC(C)(C)c1ncc(NC(=O)C(N)C2CCOCC2)cn1.Cl. The average Bonchev–Trinajstić information content (AvgIpc) is 2.47. The molecule has 6 nitrogen and oxygen atoms in total. The summed E-state index contributed by atoms with van der Waals surface area (Å²) in [4.78, 5) is 20.7. The van der Waals surface area contributed by atoms with Crippen LogP contribution in [0.5, 0.6) is 0 Å². The Bertz CT molecular complexity index is 481. The van der Waals surface area contributed by atoms with Crippen LogP contribution in [0.2, 0.25) is 0 Å². The number of nitrogens with one attached hydrogen (secondary N) is 1. The summed E-state index contributed by atoms with van der Waals surface area (Å²) in [6.07, 6.45) is 4.91. The van der Waals surface area contributed by atoms with Crippen molar-refractivity contribution in [2.45, 2.75) is 45.1 Å². The lowest BCUT2D eigenvalue weighted by atomic mass is 9.92. The molecule has 1 aliphatic heterocycles. The summed E-state index contributed by atoms with van der Waals surface area (Å²) < 4.78 is 5.29. The number of nitrogens with two attached hydrogens (primary N) is 1. The van der Waals surface area contributed by atoms with Gasteiger partial charge in [-0.15, -0.1) is 12.4 Å². The van der Waals surface area contributed by atoms with Gasteiger partial charge < -0.3 is 15.8 Å². The molecule has 1 unspecified atom stereocenters. The van der Waals surface area contributed by atoms with Crippen LogP contribution >= 0.6 is 12.4 Å². The van der Waals surface area contributed by atoms with E-state index in [4.69, 9.17) is 10.5 Å². The summed E-state index contributed by atoms with van der Waals surface area (Å²) in [5.41, 5.74) is 6.50. The van der Waals surface area contributed by atoms with Crippen molar-refractivity contribution < 1.29 is 9.53 Å². The molecular formula is C15H25ClN4O2. The normalized spacial score (nSPS) is 17.5. The Kier molecular flexibility index (Phi) is 6.71. The molecule has 3 N–H and O–H groups in total. The Morgan fingerprint density at radius 3 is 2.36 bits per heavy atom. The Morgan fingerprint density at radius 1 is 1.32 bits per heavy atom. The molecule has 1 amide bonds. The highest BCUT2D eigenvalue weighted by Crippen LogP contribution is 2.20. The van der Waals surface area contributed by atoms with E-state index in [1.807, 2.05) is 20.8 Å². The lowest BCUT2D eigenvalue weighted by Gasteiger charge is -2.26. The first-order valence-electron chi connectivity index (χ1n) is 7.34. The van der Waals surface area contributed by atoms with Crippen molar-refractivity contribution in [1.29, 1.82) is 0 Å². The summed E-state index contributed by atoms with van der Waals surface area (Å²) in [6.45, 7) is 7.48. The zero-order chi connectivity index (χ0) is 15.5. The predicted octanol–water partition coefficient (Wildman–Crippen LogP) is 1.89. The maximum absolute atomic E-state index is 12.2. The number of hydrogen-bond donors (Lipinski definition) is 2. The van der Waals surface area contributed by atoms with E-state index in [0.29, 0.717) is 18.9 Å². The van der Waals surface area contributed by atoms with E-state index in [1.54, 1.807) is 12.4 Å². The van der Waals surface area contributed by atoms with Crippen LogP contribution in [0.4, 0.5) is 5.69 Å². The lowest BCUT2D eigenvalue weighted by molar-refractivity contribution is -0.119. The van der Waals surface area contributed by atoms with Gasteiger partial charge in [-0.05, 0) is 18.8 Å². The van der Waals surface area contributed by atoms with E-state index in [2.05, 4.69) is 15.3 Å². The molecule has 1 aliphatic rings. The van der Waals surface area contributed by atoms with Crippen molar-refractivity contribution in [3.05, 3.63) is 18.2 Å². The van der Waals surface area contributed by atoms with E-state index in [9.17, 15) is 4.79 Å². The molecule has 0 bridgehead atoms. The van der Waals surface area contributed by atoms with Gasteiger partial charge in [0.05, 0.1) is 24.1 Å². The quantitative estimate of drug-likeness (QED) is 0.884. The molecule has 0 aliphatic carbocycles. The zero-order valence-corrected chi connectivity index (χ0v) is 14.2. The van der Waals surface area contributed by atoms with E-state index in [1.165, 1.54) is 0 Å². The van der Waals surface area contributed by atoms with Crippen LogP contribution in [0.15, 0.2) is 12.4 Å². The Labute approximate surface area is 137 Å². The van der Waals surface area contributed by atoms with E-state index in [0.717, 1.165) is 18.7 Å². The van der Waals surface area contributed by atoms with Gasteiger partial charge in [0.1, 0.15) is 5.82 Å². The van der Waals surface area contributed by atoms with Gasteiger partial charge in [0.2, 0.25) is 5.91 Å². The number of halogens is 1. The van der Waals surface area contributed by atoms with Gasteiger partial charge in [-0.2, -0.15) is 0 Å². The van der Waals surface area contributed by atoms with Crippen LogP contribution in [-0.4, -0.2) is 35.1 Å². The summed E-state index contributed by atoms with van der Waals surface area (Å²) in [6, 6.07) is -0.517. The third kappa shape index (κ3) is 4.90. The van der Waals surface area contributed by atoms with Crippen molar-refractivity contribution in [3.8, 4) is 0 Å². The number of ether oxygens (including phenoxy) is 1. The summed E-state index contributed by atoms with van der Waals surface area (Å²) in [5.74, 6) is 0.733. The van der Waals surface area contributed by atoms with Crippen LogP contribution in [-0.2, 0) is 14.9 Å². The zero-order valence-electron chi connectivity index (χ0n) is 13.3. The third-order valence-electron chi connectivity index (χ3n) is 3.67. The molecule has 22 heavy (non-hydrogen) atoms. The minimum atomic E-state index is -0.517. The molecule has 0 aromatic carbocycles. The monoisotopic (exact) mass is 328 g/mol. The number of carbonyl (C=O) groups is 1. The van der Waals surface area contributed by atoms with E-state index in [-0.39, 0.29) is 29.6 Å². The molecule has 1 fully saturated rings. The first kappa shape index (κ1) is 18.8. The smallest absolute Gasteiger partial charge is 0.241 e. The van der Waals surface area contributed by atoms with Gasteiger partial charge in [-0.1, -0.05) is 20.8 Å². The molecule has 1 aromatic rings. The second-order valence-corrected chi connectivity index (χ2v) is 6.51. The van der Waals surface area contributed by atoms with Crippen molar-refractivity contribution in [1.82, 2.24) is 9.97 Å². The molecule has 1 saturated heterocycles. The van der Waals surface area contributed by atoms with Crippen molar-refractivity contribution >= 4 is 24.0 Å². The van der Waals surface area contributed by atoms with Gasteiger partial charge in [0, 0.05) is 18.6 Å². The first-order chi connectivity index (χ1) is 9.88. The largest absolute Gasteiger partial charge is 0.381 e. The highest BCUT2D eigenvalue weighted by atomic mass is 35.5. The van der Waals surface area contributed by atoms with Gasteiger partial charge in [-0.3, -0.25) is 4.79 Å². The average molecular weight is 329 g/mol. The van der Waals surface area contributed by atoms with Crippen molar-refractivity contribution in [3.63, 3.8) is 0 Å². The fourth-order valence-electron chi connectivity index (χ4n) is 2.29. The molecule has 7 heteroatoms. The van der Waals surface area contributed by atoms with Crippen LogP contribution in [0.3, 0.4) is 0 Å². The van der Waals surface area contributed by atoms with Gasteiger partial charge in [-0.25, -0.2) is 9.97 Å². The third-order valence-corrected chi connectivity index (χ3v) is 3.67. The Balaban J connectivity index is 0.00000242. The van der Waals surface area contributed by atoms with Crippen molar-refractivity contribution in [2.24, 2.45) is 11.7 Å². The maximum atomic E-state index is 12.2. The number of rotatable bonds is 3. The minimum Gasteiger partial charge on any atom is -0.381 e. The van der Waals surface area contributed by atoms with E-state index >= 15 is 0 Å². The molecule has 2 heterocycles. The molecule has 0 saturated carbocycles. The molecule has 1 atom stereocenters. The molecular weight excluding hydrogens is 304 g/mol. The van der Waals surface area contributed by atoms with Gasteiger partial charge in [0.15, 0.2) is 0 Å². The standard InChI is InChI=1S/C15H24N4O2.ClH/c1-15(2,3)14-17-8-11(9-18-14)19-13(20)12(16)10-4-6-21-7-5-10;/h8-10,12H,4-7,16H2,1-3H3,(H,19,20);1H. The number of aromatic nitrogens is 2. The summed E-state index contributed by atoms with van der Waals surface area (Å²) >= 11 is 0. The topological polar surface area (TPSA) is 90.1 Å². The maximum Gasteiger partial charge on any atom is 0.241 e. The van der Waals surface area contributed by atoms with Gasteiger partial charge >= 0.3 is 0 Å². The van der Waals surface area contributed by atoms with Crippen molar-refractivity contribution in [2.75, 3.05) is 18.5 Å².